The van der Waals surface area contributed by atoms with E-state index in [1.165, 1.54) is 0 Å². The maximum absolute atomic E-state index is 11.8. The zero-order valence-corrected chi connectivity index (χ0v) is 9.63. The Kier molecular flexibility index (Phi) is 2.61. The van der Waals surface area contributed by atoms with Crippen LogP contribution in [-0.2, 0) is 4.79 Å². The summed E-state index contributed by atoms with van der Waals surface area (Å²) in [5, 5.41) is 2.85. The number of carbonyl (C=O) groups excluding carboxylic acids is 1. The third kappa shape index (κ3) is 2.00. The van der Waals surface area contributed by atoms with Gasteiger partial charge >= 0.3 is 0 Å². The van der Waals surface area contributed by atoms with Gasteiger partial charge in [-0.15, -0.1) is 0 Å². The Morgan fingerprint density at radius 3 is 2.83 bits per heavy atom. The Bertz CT molecular complexity index is 620. The van der Waals surface area contributed by atoms with Gasteiger partial charge in [-0.1, -0.05) is 18.2 Å². The van der Waals surface area contributed by atoms with Crippen molar-refractivity contribution in [2.75, 3.05) is 5.32 Å². The van der Waals surface area contributed by atoms with Gasteiger partial charge < -0.3 is 5.32 Å². The first-order valence-corrected chi connectivity index (χ1v) is 5.70. The lowest BCUT2D eigenvalue weighted by Crippen LogP contribution is -2.14. The molecule has 0 unspecified atom stereocenters. The molecule has 0 atom stereocenters. The number of para-hydroxylation sites is 2. The predicted octanol–water partition coefficient (Wildman–Crippen LogP) is 2.54. The molecule has 1 aromatic heterocycles. The van der Waals surface area contributed by atoms with Crippen LogP contribution in [0.25, 0.3) is 0 Å². The maximum atomic E-state index is 11.8. The molecule has 0 fully saturated rings. The van der Waals surface area contributed by atoms with Crippen molar-refractivity contribution in [2.24, 2.45) is 4.99 Å². The summed E-state index contributed by atoms with van der Waals surface area (Å²) in [4.78, 5) is 20.4. The van der Waals surface area contributed by atoms with Gasteiger partial charge in [-0.3, -0.25) is 14.8 Å². The fourth-order valence-corrected chi connectivity index (χ4v) is 1.91. The van der Waals surface area contributed by atoms with E-state index in [0.29, 0.717) is 0 Å². The quantitative estimate of drug-likeness (QED) is 0.828. The van der Waals surface area contributed by atoms with Crippen LogP contribution in [0.15, 0.2) is 53.8 Å². The normalized spacial score (nSPS) is 14.2. The SMILES string of the molecule is O=C1CC(c2cccnc2)=Nc2ccccc2N1. The number of carbonyl (C=O) groups is 1. The number of anilines is 1. The second kappa shape index (κ2) is 4.41. The van der Waals surface area contributed by atoms with Crippen LogP contribution in [0.2, 0.25) is 0 Å². The molecule has 0 bridgehead atoms. The van der Waals surface area contributed by atoms with Crippen LogP contribution in [-0.4, -0.2) is 16.6 Å². The Morgan fingerprint density at radius 2 is 2.00 bits per heavy atom. The standard InChI is InChI=1S/C14H11N3O/c18-14-8-13(10-4-3-7-15-9-10)16-11-5-1-2-6-12(11)17-14/h1-7,9H,8H2,(H,17,18). The van der Waals surface area contributed by atoms with Gasteiger partial charge in [0.15, 0.2) is 0 Å². The van der Waals surface area contributed by atoms with Crippen molar-refractivity contribution < 1.29 is 4.79 Å². The highest BCUT2D eigenvalue weighted by atomic mass is 16.1. The summed E-state index contributed by atoms with van der Waals surface area (Å²) in [6.45, 7) is 0. The molecule has 1 aliphatic rings. The summed E-state index contributed by atoms with van der Waals surface area (Å²) in [7, 11) is 0. The molecule has 2 heterocycles. The molecule has 18 heavy (non-hydrogen) atoms. The number of nitrogens with zero attached hydrogens (tertiary/aromatic N) is 2. The second-order valence-corrected chi connectivity index (χ2v) is 4.04. The van der Waals surface area contributed by atoms with Gasteiger partial charge in [-0.2, -0.15) is 0 Å². The Labute approximate surface area is 104 Å². The number of rotatable bonds is 1. The lowest BCUT2D eigenvalue weighted by atomic mass is 10.1. The zero-order valence-electron chi connectivity index (χ0n) is 9.63. The molecule has 0 saturated heterocycles. The van der Waals surface area contributed by atoms with Crippen LogP contribution in [0.1, 0.15) is 12.0 Å². The van der Waals surface area contributed by atoms with Crippen LogP contribution in [0.4, 0.5) is 11.4 Å². The molecule has 0 radical (unpaired) electrons. The van der Waals surface area contributed by atoms with E-state index in [0.717, 1.165) is 22.6 Å². The van der Waals surface area contributed by atoms with Gasteiger partial charge in [0.25, 0.3) is 0 Å². The van der Waals surface area contributed by atoms with Crippen LogP contribution in [0.5, 0.6) is 0 Å². The highest BCUT2D eigenvalue weighted by molar-refractivity contribution is 6.16. The topological polar surface area (TPSA) is 54.4 Å². The number of pyridine rings is 1. The molecule has 2 aromatic rings. The van der Waals surface area contributed by atoms with Crippen LogP contribution >= 0.6 is 0 Å². The van der Waals surface area contributed by atoms with Crippen molar-refractivity contribution in [1.29, 1.82) is 0 Å². The molecule has 1 N–H and O–H groups in total. The van der Waals surface area contributed by atoms with Crippen molar-refractivity contribution in [3.05, 3.63) is 54.4 Å². The molecule has 1 aliphatic heterocycles. The average molecular weight is 237 g/mol. The summed E-state index contributed by atoms with van der Waals surface area (Å²) < 4.78 is 0. The number of benzene rings is 1. The molecule has 0 saturated carbocycles. The maximum Gasteiger partial charge on any atom is 0.230 e. The Morgan fingerprint density at radius 1 is 1.11 bits per heavy atom. The van der Waals surface area contributed by atoms with E-state index in [-0.39, 0.29) is 12.3 Å². The van der Waals surface area contributed by atoms with Gasteiger partial charge in [0, 0.05) is 18.0 Å². The fourth-order valence-electron chi connectivity index (χ4n) is 1.91. The van der Waals surface area contributed by atoms with E-state index in [1.54, 1.807) is 12.4 Å². The van der Waals surface area contributed by atoms with Crippen LogP contribution in [0.3, 0.4) is 0 Å². The smallest absolute Gasteiger partial charge is 0.230 e. The largest absolute Gasteiger partial charge is 0.324 e. The molecule has 1 aromatic carbocycles. The van der Waals surface area contributed by atoms with E-state index in [1.807, 2.05) is 36.4 Å². The molecule has 88 valence electrons. The van der Waals surface area contributed by atoms with Gasteiger partial charge in [-0.05, 0) is 18.2 Å². The summed E-state index contributed by atoms with van der Waals surface area (Å²) in [5.41, 5.74) is 3.15. The average Bonchev–Trinajstić information content (AvgIpc) is 2.57. The summed E-state index contributed by atoms with van der Waals surface area (Å²) in [6, 6.07) is 11.3. The monoisotopic (exact) mass is 237 g/mol. The minimum atomic E-state index is -0.0532. The lowest BCUT2D eigenvalue weighted by Gasteiger charge is -2.02. The third-order valence-corrected chi connectivity index (χ3v) is 2.76. The van der Waals surface area contributed by atoms with Gasteiger partial charge in [0.1, 0.15) is 0 Å². The van der Waals surface area contributed by atoms with Crippen LogP contribution < -0.4 is 5.32 Å². The van der Waals surface area contributed by atoms with E-state index in [9.17, 15) is 4.79 Å². The minimum absolute atomic E-state index is 0.0532. The lowest BCUT2D eigenvalue weighted by molar-refractivity contribution is -0.115. The number of amides is 1. The summed E-state index contributed by atoms with van der Waals surface area (Å²) in [5.74, 6) is -0.0532. The van der Waals surface area contributed by atoms with Crippen molar-refractivity contribution in [3.8, 4) is 0 Å². The predicted molar refractivity (Wildman–Crippen MR) is 70.1 cm³/mol. The Hall–Kier alpha value is -2.49. The van der Waals surface area contributed by atoms with E-state index in [4.69, 9.17) is 0 Å². The number of fused-ring (bicyclic) bond motifs is 1. The first-order valence-electron chi connectivity index (χ1n) is 5.70. The molecule has 0 aliphatic carbocycles. The number of hydrogen-bond donors (Lipinski definition) is 1. The molecular formula is C14H11N3O. The van der Waals surface area contributed by atoms with Crippen molar-refractivity contribution in [2.45, 2.75) is 6.42 Å². The fraction of sp³-hybridized carbons (Fsp3) is 0.0714. The Balaban J connectivity index is 2.11. The molecule has 1 amide bonds. The molecule has 4 heteroatoms. The number of hydrogen-bond acceptors (Lipinski definition) is 3. The number of aliphatic imine (C=N–C) groups is 1. The zero-order chi connectivity index (χ0) is 12.4. The molecule has 4 nitrogen and oxygen atoms in total. The van der Waals surface area contributed by atoms with Crippen molar-refractivity contribution >= 4 is 23.0 Å². The third-order valence-electron chi connectivity index (χ3n) is 2.76. The van der Waals surface area contributed by atoms with Gasteiger partial charge in [0.05, 0.1) is 23.5 Å². The highest BCUT2D eigenvalue weighted by Crippen LogP contribution is 2.28. The number of aromatic nitrogens is 1. The molecule has 0 spiro atoms. The van der Waals surface area contributed by atoms with E-state index < -0.39 is 0 Å². The molecular weight excluding hydrogens is 226 g/mol. The first-order chi connectivity index (χ1) is 8.83. The molecule has 3 rings (SSSR count). The highest BCUT2D eigenvalue weighted by Gasteiger charge is 2.16. The van der Waals surface area contributed by atoms with E-state index in [2.05, 4.69) is 15.3 Å². The first kappa shape index (κ1) is 10.7. The minimum Gasteiger partial charge on any atom is -0.324 e. The van der Waals surface area contributed by atoms with Gasteiger partial charge in [-0.25, -0.2) is 0 Å². The van der Waals surface area contributed by atoms with Crippen molar-refractivity contribution in [3.63, 3.8) is 0 Å². The summed E-state index contributed by atoms with van der Waals surface area (Å²) in [6.07, 6.45) is 3.69. The van der Waals surface area contributed by atoms with Crippen LogP contribution in [0, 0.1) is 0 Å². The van der Waals surface area contributed by atoms with Gasteiger partial charge in [0.2, 0.25) is 5.91 Å². The van der Waals surface area contributed by atoms with E-state index >= 15 is 0 Å². The second-order valence-electron chi connectivity index (χ2n) is 4.04. The van der Waals surface area contributed by atoms with Crippen molar-refractivity contribution in [1.82, 2.24) is 4.98 Å². The summed E-state index contributed by atoms with van der Waals surface area (Å²) >= 11 is 0. The number of nitrogens with one attached hydrogen (secondary N) is 1.